The summed E-state index contributed by atoms with van der Waals surface area (Å²) in [6.45, 7) is 13.0. The summed E-state index contributed by atoms with van der Waals surface area (Å²) in [4.78, 5) is 34.2. The van der Waals surface area contributed by atoms with Crippen LogP contribution in [0.3, 0.4) is 0 Å². The topological polar surface area (TPSA) is 153 Å². The number of nitro groups is 1. The van der Waals surface area contributed by atoms with Gasteiger partial charge in [0.15, 0.2) is 0 Å². The summed E-state index contributed by atoms with van der Waals surface area (Å²) in [6.07, 6.45) is 15.8. The second-order valence-electron chi connectivity index (χ2n) is 18.1. The van der Waals surface area contributed by atoms with Crippen LogP contribution in [0.1, 0.15) is 129 Å². The molecule has 328 valence electrons. The van der Waals surface area contributed by atoms with Gasteiger partial charge < -0.3 is 34.2 Å². The van der Waals surface area contributed by atoms with E-state index in [4.69, 9.17) is 24.2 Å². The van der Waals surface area contributed by atoms with Crippen molar-refractivity contribution in [3.05, 3.63) is 82.4 Å². The van der Waals surface area contributed by atoms with Gasteiger partial charge in [0.1, 0.15) is 28.9 Å². The van der Waals surface area contributed by atoms with Crippen LogP contribution in [0.5, 0.6) is 17.2 Å². The van der Waals surface area contributed by atoms with Crippen molar-refractivity contribution in [2.24, 2.45) is 28.8 Å². The molecule has 2 fully saturated rings. The molecule has 2 aromatic carbocycles. The molecule has 0 spiro atoms. The van der Waals surface area contributed by atoms with Crippen LogP contribution < -0.4 is 9.47 Å². The number of amides is 1. The Labute approximate surface area is 356 Å². The third-order valence-electron chi connectivity index (χ3n) is 12.7. The van der Waals surface area contributed by atoms with Crippen molar-refractivity contribution in [3.8, 4) is 17.2 Å². The zero-order valence-corrected chi connectivity index (χ0v) is 36.2. The van der Waals surface area contributed by atoms with Crippen LogP contribution in [-0.2, 0) is 14.4 Å². The van der Waals surface area contributed by atoms with Crippen molar-refractivity contribution in [2.45, 2.75) is 141 Å². The molecule has 1 aliphatic heterocycles. The van der Waals surface area contributed by atoms with Gasteiger partial charge in [-0.05, 0) is 107 Å². The first-order valence-electron chi connectivity index (χ1n) is 22.4. The number of unbranched alkanes of at least 4 members (excludes halogenated alkanes) is 2. The van der Waals surface area contributed by atoms with Crippen LogP contribution >= 0.6 is 0 Å². The lowest BCUT2D eigenvalue weighted by molar-refractivity contribution is -0.384. The molecule has 1 amide bonds. The Bertz CT molecular complexity index is 1850. The van der Waals surface area contributed by atoms with E-state index in [0.29, 0.717) is 55.4 Å². The molecular weight excluding hydrogens is 763 g/mol. The molecule has 2 N–H and O–H groups in total. The highest BCUT2D eigenvalue weighted by atomic mass is 16.7. The van der Waals surface area contributed by atoms with Crippen molar-refractivity contribution in [2.75, 3.05) is 26.4 Å². The maximum atomic E-state index is 14.7. The lowest BCUT2D eigenvalue weighted by Gasteiger charge is -2.60. The molecule has 2 aromatic rings. The van der Waals surface area contributed by atoms with Crippen LogP contribution in [0.15, 0.2) is 71.9 Å². The number of nitro benzene ring substituents is 1. The standard InChI is InChI=1S/C48H67N3O9/c1-6-25-50(44(54)24-21-33-15-8-9-16-33)43-32-41(49-60-47(3,4)5)39-29-34(17-10-12-26-52)38(20-11-13-27-53)45-40-31-37(58-36-19-14-18-35(30-36)51(55)56)22-23-42(40)59-48(43,46(39)45)57-28-7-2/h7,14,18-19,22-23,29-31,33-34,38,43,45-46,52-53H,2,6,8-13,15-17,20-21,24-28,32H2,1,3-5H3. The van der Waals surface area contributed by atoms with E-state index in [1.54, 1.807) is 18.2 Å². The second-order valence-corrected chi connectivity index (χ2v) is 18.1. The van der Waals surface area contributed by atoms with Crippen molar-refractivity contribution < 1.29 is 39.0 Å². The van der Waals surface area contributed by atoms with Gasteiger partial charge in [0.2, 0.25) is 11.7 Å². The van der Waals surface area contributed by atoms with Crippen LogP contribution in [0, 0.1) is 33.8 Å². The number of benzene rings is 2. The number of aliphatic hydroxyl groups excluding tert-OH is 2. The minimum Gasteiger partial charge on any atom is -0.459 e. The lowest BCUT2D eigenvalue weighted by Crippen LogP contribution is -2.70. The molecule has 6 unspecified atom stereocenters. The van der Waals surface area contributed by atoms with Crippen LogP contribution in [0.2, 0.25) is 0 Å². The minimum absolute atomic E-state index is 0.0487. The van der Waals surface area contributed by atoms with Crippen molar-refractivity contribution >= 4 is 17.3 Å². The first-order valence-corrected chi connectivity index (χ1v) is 22.4. The highest BCUT2D eigenvalue weighted by Gasteiger charge is 2.65. The van der Waals surface area contributed by atoms with E-state index in [2.05, 4.69) is 19.6 Å². The molecule has 6 atom stereocenters. The van der Waals surface area contributed by atoms with Gasteiger partial charge in [0.25, 0.3) is 5.69 Å². The molecule has 0 bridgehead atoms. The summed E-state index contributed by atoms with van der Waals surface area (Å²) < 4.78 is 20.8. The summed E-state index contributed by atoms with van der Waals surface area (Å²) in [5.41, 5.74) is 2.01. The van der Waals surface area contributed by atoms with Gasteiger partial charge in [-0.1, -0.05) is 68.8 Å². The maximum absolute atomic E-state index is 14.7. The number of carbonyl (C=O) groups is 1. The van der Waals surface area contributed by atoms with E-state index in [1.807, 2.05) is 43.9 Å². The molecule has 0 aromatic heterocycles. The summed E-state index contributed by atoms with van der Waals surface area (Å²) >= 11 is 0. The summed E-state index contributed by atoms with van der Waals surface area (Å²) in [7, 11) is 0. The molecule has 60 heavy (non-hydrogen) atoms. The highest BCUT2D eigenvalue weighted by Crippen LogP contribution is 2.62. The van der Waals surface area contributed by atoms with E-state index in [-0.39, 0.29) is 49.2 Å². The molecular formula is C48H67N3O9. The molecule has 6 rings (SSSR count). The van der Waals surface area contributed by atoms with E-state index >= 15 is 0 Å². The van der Waals surface area contributed by atoms with E-state index in [1.165, 1.54) is 37.8 Å². The number of oxime groups is 1. The van der Waals surface area contributed by atoms with E-state index in [9.17, 15) is 25.1 Å². The normalized spacial score (nSPS) is 25.5. The summed E-state index contributed by atoms with van der Waals surface area (Å²) in [6, 6.07) is 11.3. The Kier molecular flexibility index (Phi) is 15.5. The van der Waals surface area contributed by atoms with Gasteiger partial charge in [-0.15, -0.1) is 6.58 Å². The largest absolute Gasteiger partial charge is 0.459 e. The average molecular weight is 830 g/mol. The number of hydrogen-bond acceptors (Lipinski definition) is 10. The van der Waals surface area contributed by atoms with Crippen molar-refractivity contribution in [3.63, 3.8) is 0 Å². The minimum atomic E-state index is -1.33. The fraction of sp³-hybridized carbons (Fsp3) is 0.625. The first kappa shape index (κ1) is 45.3. The van der Waals surface area contributed by atoms with Gasteiger partial charge >= 0.3 is 0 Å². The monoisotopic (exact) mass is 829 g/mol. The summed E-state index contributed by atoms with van der Waals surface area (Å²) in [5, 5.41) is 36.4. The molecule has 0 radical (unpaired) electrons. The molecule has 3 aliphatic carbocycles. The number of rotatable bonds is 21. The Balaban J connectivity index is 1.56. The van der Waals surface area contributed by atoms with E-state index in [0.717, 1.165) is 55.4 Å². The third kappa shape index (κ3) is 10.4. The predicted octanol–water partition coefficient (Wildman–Crippen LogP) is 10.0. The highest BCUT2D eigenvalue weighted by molar-refractivity contribution is 6.03. The molecule has 12 heteroatoms. The average Bonchev–Trinajstić information content (AvgIpc) is 3.75. The number of aliphatic hydroxyl groups is 2. The third-order valence-corrected chi connectivity index (χ3v) is 12.7. The van der Waals surface area contributed by atoms with Gasteiger partial charge in [0, 0.05) is 50.1 Å². The number of allylic oxidation sites excluding steroid dienone is 1. The Morgan fingerprint density at radius 3 is 2.47 bits per heavy atom. The molecule has 0 saturated heterocycles. The molecule has 4 aliphatic rings. The Morgan fingerprint density at radius 1 is 1.05 bits per heavy atom. The summed E-state index contributed by atoms with van der Waals surface area (Å²) in [5.74, 6) is 0.258. The number of fused-ring (bicyclic) bond motifs is 2. The maximum Gasteiger partial charge on any atom is 0.273 e. The van der Waals surface area contributed by atoms with Crippen molar-refractivity contribution in [1.82, 2.24) is 4.90 Å². The molecule has 1 heterocycles. The number of nitrogens with zero attached hydrogens (tertiary/aromatic N) is 3. The number of hydrogen-bond donors (Lipinski definition) is 2. The number of non-ortho nitro benzene ring substituents is 1. The number of ether oxygens (including phenoxy) is 3. The molecule has 2 saturated carbocycles. The lowest BCUT2D eigenvalue weighted by atomic mass is 9.55. The second kappa shape index (κ2) is 20.5. The first-order chi connectivity index (χ1) is 28.9. The van der Waals surface area contributed by atoms with Crippen molar-refractivity contribution in [1.29, 1.82) is 0 Å². The SMILES string of the molecule is C=CCOC12Oc3ccc(Oc4cccc([N+](=O)[O-])c4)cc3C3C(CCCCO)C(CCCCO)C=C(C(=NOC(C)(C)C)CC1N(CCC)C(=O)CCC1CCCC1)C32. The van der Waals surface area contributed by atoms with E-state index < -0.39 is 28.3 Å². The Hall–Kier alpha value is -4.26. The van der Waals surface area contributed by atoms with Gasteiger partial charge in [-0.2, -0.15) is 0 Å². The van der Waals surface area contributed by atoms with Gasteiger partial charge in [-0.25, -0.2) is 0 Å². The fourth-order valence-corrected chi connectivity index (χ4v) is 10.2. The Morgan fingerprint density at radius 2 is 1.78 bits per heavy atom. The van der Waals surface area contributed by atoms with Crippen LogP contribution in [-0.4, -0.2) is 75.5 Å². The fourth-order valence-electron chi connectivity index (χ4n) is 10.2. The smallest absolute Gasteiger partial charge is 0.273 e. The number of carbonyl (C=O) groups excluding carboxylic acids is 1. The van der Waals surface area contributed by atoms with Crippen LogP contribution in [0.4, 0.5) is 5.69 Å². The zero-order chi connectivity index (χ0) is 42.9. The zero-order valence-electron chi connectivity index (χ0n) is 36.2. The molecule has 12 nitrogen and oxygen atoms in total. The van der Waals surface area contributed by atoms with Crippen LogP contribution in [0.25, 0.3) is 0 Å². The van der Waals surface area contributed by atoms with Gasteiger partial charge in [0.05, 0.1) is 29.2 Å². The van der Waals surface area contributed by atoms with Gasteiger partial charge in [-0.3, -0.25) is 14.9 Å². The predicted molar refractivity (Wildman–Crippen MR) is 232 cm³/mol. The quantitative estimate of drug-likeness (QED) is 0.0542.